The molecule has 25 heavy (non-hydrogen) atoms. The van der Waals surface area contributed by atoms with Crippen LogP contribution in [0.25, 0.3) is 0 Å². The van der Waals surface area contributed by atoms with E-state index in [2.05, 4.69) is 18.2 Å². The lowest BCUT2D eigenvalue weighted by molar-refractivity contribution is 0.0985. The lowest BCUT2D eigenvalue weighted by Crippen LogP contribution is -2.30. The van der Waals surface area contributed by atoms with E-state index in [0.717, 1.165) is 23.2 Å². The molecule has 2 N–H and O–H groups in total. The fourth-order valence-electron chi connectivity index (χ4n) is 3.30. The zero-order chi connectivity index (χ0) is 17.4. The molecule has 4 heteroatoms. The van der Waals surface area contributed by atoms with E-state index >= 15 is 0 Å². The molecule has 0 atom stereocenters. The molecular formula is C21H17ClN2O. The summed E-state index contributed by atoms with van der Waals surface area (Å²) in [6, 6.07) is 21.3. The molecule has 3 aromatic carbocycles. The second-order valence-corrected chi connectivity index (χ2v) is 6.61. The minimum Gasteiger partial charge on any atom is -0.399 e. The zero-order valence-corrected chi connectivity index (χ0v) is 14.3. The maximum Gasteiger partial charge on any atom is 0.260 e. The molecule has 0 aliphatic carbocycles. The van der Waals surface area contributed by atoms with Crippen LogP contribution in [0.2, 0.25) is 5.02 Å². The summed E-state index contributed by atoms with van der Waals surface area (Å²) in [6.45, 7) is 0.521. The molecule has 0 unspecified atom stereocenters. The number of carbonyl (C=O) groups excluding carboxylic acids is 1. The van der Waals surface area contributed by atoms with Gasteiger partial charge in [-0.2, -0.15) is 0 Å². The summed E-state index contributed by atoms with van der Waals surface area (Å²) >= 11 is 6.28. The Labute approximate surface area is 151 Å². The van der Waals surface area contributed by atoms with Gasteiger partial charge in [0.25, 0.3) is 5.91 Å². The van der Waals surface area contributed by atoms with Gasteiger partial charge in [-0.05, 0) is 47.4 Å². The van der Waals surface area contributed by atoms with Gasteiger partial charge >= 0.3 is 0 Å². The number of hydrogen-bond acceptors (Lipinski definition) is 2. The lowest BCUT2D eigenvalue weighted by atomic mass is 10.0. The summed E-state index contributed by atoms with van der Waals surface area (Å²) < 4.78 is 0. The molecule has 0 radical (unpaired) electrons. The number of fused-ring (bicyclic) bond motifs is 2. The molecular weight excluding hydrogens is 332 g/mol. The maximum atomic E-state index is 13.3. The van der Waals surface area contributed by atoms with E-state index in [1.807, 2.05) is 30.3 Å². The molecule has 0 bridgehead atoms. The second kappa shape index (κ2) is 6.26. The quantitative estimate of drug-likeness (QED) is 0.649. The van der Waals surface area contributed by atoms with Gasteiger partial charge in [0.2, 0.25) is 0 Å². The molecule has 0 spiro atoms. The molecule has 1 aliphatic heterocycles. The van der Waals surface area contributed by atoms with Crippen LogP contribution in [-0.2, 0) is 13.0 Å². The molecule has 4 rings (SSSR count). The summed E-state index contributed by atoms with van der Waals surface area (Å²) in [4.78, 5) is 15.1. The first-order valence-electron chi connectivity index (χ1n) is 8.15. The van der Waals surface area contributed by atoms with Gasteiger partial charge in [-0.3, -0.25) is 4.79 Å². The van der Waals surface area contributed by atoms with Crippen molar-refractivity contribution < 1.29 is 4.79 Å². The summed E-state index contributed by atoms with van der Waals surface area (Å²) in [6.07, 6.45) is 0.811. The van der Waals surface area contributed by atoms with Gasteiger partial charge in [-0.1, -0.05) is 54.1 Å². The lowest BCUT2D eigenvalue weighted by Gasteiger charge is -2.24. The summed E-state index contributed by atoms with van der Waals surface area (Å²) in [5, 5.41) is 0.375. The molecule has 3 aromatic rings. The Morgan fingerprint density at radius 1 is 0.920 bits per heavy atom. The third-order valence-corrected chi connectivity index (χ3v) is 4.89. The molecule has 0 saturated heterocycles. The number of rotatable bonds is 1. The number of amides is 1. The first-order valence-corrected chi connectivity index (χ1v) is 8.53. The van der Waals surface area contributed by atoms with Crippen molar-refractivity contribution in [2.45, 2.75) is 13.0 Å². The number of para-hydroxylation sites is 1. The van der Waals surface area contributed by atoms with Crippen LogP contribution >= 0.6 is 11.6 Å². The number of carbonyl (C=O) groups is 1. The summed E-state index contributed by atoms with van der Waals surface area (Å²) in [7, 11) is 0. The van der Waals surface area contributed by atoms with Crippen LogP contribution in [0.15, 0.2) is 66.7 Å². The number of nitrogens with two attached hydrogens (primary N) is 1. The highest BCUT2D eigenvalue weighted by Crippen LogP contribution is 2.32. The Balaban J connectivity index is 1.84. The number of hydrogen-bond donors (Lipinski definition) is 1. The van der Waals surface area contributed by atoms with Crippen LogP contribution in [-0.4, -0.2) is 5.91 Å². The Bertz CT molecular complexity index is 968. The van der Waals surface area contributed by atoms with E-state index in [9.17, 15) is 4.79 Å². The predicted molar refractivity (Wildman–Crippen MR) is 102 cm³/mol. The highest BCUT2D eigenvalue weighted by molar-refractivity contribution is 6.34. The largest absolute Gasteiger partial charge is 0.399 e. The standard InChI is InChI=1S/C21H17ClN2O/c22-19-12-17(23)9-10-18(19)21(25)24-13-16-7-2-1-5-14(16)11-15-6-3-4-8-20(15)24/h1-10,12H,11,13,23H2. The maximum absolute atomic E-state index is 13.3. The number of halogens is 1. The fraction of sp³-hybridized carbons (Fsp3) is 0.0952. The zero-order valence-electron chi connectivity index (χ0n) is 13.6. The van der Waals surface area contributed by atoms with Gasteiger partial charge in [-0.25, -0.2) is 0 Å². The van der Waals surface area contributed by atoms with Crippen LogP contribution in [0.4, 0.5) is 11.4 Å². The van der Waals surface area contributed by atoms with Gasteiger partial charge in [-0.15, -0.1) is 0 Å². The highest BCUT2D eigenvalue weighted by atomic mass is 35.5. The number of nitrogen functional groups attached to an aromatic ring is 1. The van der Waals surface area contributed by atoms with Gasteiger partial charge in [0.1, 0.15) is 0 Å². The van der Waals surface area contributed by atoms with E-state index in [4.69, 9.17) is 17.3 Å². The van der Waals surface area contributed by atoms with Crippen molar-refractivity contribution in [2.24, 2.45) is 0 Å². The third-order valence-electron chi connectivity index (χ3n) is 4.58. The van der Waals surface area contributed by atoms with Gasteiger partial charge in [0, 0.05) is 11.4 Å². The van der Waals surface area contributed by atoms with Crippen molar-refractivity contribution in [1.29, 1.82) is 0 Å². The van der Waals surface area contributed by atoms with E-state index in [-0.39, 0.29) is 5.91 Å². The Kier molecular flexibility index (Phi) is 3.94. The first-order chi connectivity index (χ1) is 12.1. The van der Waals surface area contributed by atoms with Crippen molar-refractivity contribution in [2.75, 3.05) is 10.6 Å². The Morgan fingerprint density at radius 2 is 1.60 bits per heavy atom. The number of nitrogens with zero attached hydrogens (tertiary/aromatic N) is 1. The second-order valence-electron chi connectivity index (χ2n) is 6.20. The third kappa shape index (κ3) is 2.87. The minimum atomic E-state index is -0.117. The summed E-state index contributed by atoms with van der Waals surface area (Å²) in [5.74, 6) is -0.117. The van der Waals surface area contributed by atoms with Crippen molar-refractivity contribution in [3.63, 3.8) is 0 Å². The number of benzene rings is 3. The Morgan fingerprint density at radius 3 is 2.36 bits per heavy atom. The molecule has 0 saturated carbocycles. The van der Waals surface area contributed by atoms with Crippen LogP contribution in [0.1, 0.15) is 27.0 Å². The van der Waals surface area contributed by atoms with Crippen LogP contribution < -0.4 is 10.6 Å². The first kappa shape index (κ1) is 15.7. The normalized spacial score (nSPS) is 12.9. The molecule has 1 amide bonds. The molecule has 0 aromatic heterocycles. The topological polar surface area (TPSA) is 46.3 Å². The fourth-order valence-corrected chi connectivity index (χ4v) is 3.57. The SMILES string of the molecule is Nc1ccc(C(=O)N2Cc3ccccc3Cc3ccccc32)c(Cl)c1. The van der Waals surface area contributed by atoms with E-state index in [0.29, 0.717) is 22.8 Å². The molecule has 124 valence electrons. The predicted octanol–water partition coefficient (Wildman–Crippen LogP) is 4.67. The summed E-state index contributed by atoms with van der Waals surface area (Å²) in [5.41, 5.74) is 11.2. The smallest absolute Gasteiger partial charge is 0.260 e. The minimum absolute atomic E-state index is 0.117. The Hall–Kier alpha value is -2.78. The van der Waals surface area contributed by atoms with Crippen LogP contribution in [0.3, 0.4) is 0 Å². The van der Waals surface area contributed by atoms with Crippen molar-refractivity contribution in [3.8, 4) is 0 Å². The average molecular weight is 349 g/mol. The molecule has 0 fully saturated rings. The monoisotopic (exact) mass is 348 g/mol. The molecule has 1 aliphatic rings. The molecule has 1 heterocycles. The van der Waals surface area contributed by atoms with Crippen LogP contribution in [0.5, 0.6) is 0 Å². The van der Waals surface area contributed by atoms with Crippen molar-refractivity contribution in [3.05, 3.63) is 94.0 Å². The van der Waals surface area contributed by atoms with Gasteiger partial charge in [0.15, 0.2) is 0 Å². The van der Waals surface area contributed by atoms with Gasteiger partial charge < -0.3 is 10.6 Å². The van der Waals surface area contributed by atoms with E-state index in [1.165, 1.54) is 5.56 Å². The van der Waals surface area contributed by atoms with Crippen molar-refractivity contribution >= 4 is 28.9 Å². The van der Waals surface area contributed by atoms with E-state index in [1.54, 1.807) is 23.1 Å². The van der Waals surface area contributed by atoms with Crippen molar-refractivity contribution in [1.82, 2.24) is 0 Å². The average Bonchev–Trinajstić information content (AvgIpc) is 2.78. The highest BCUT2D eigenvalue weighted by Gasteiger charge is 2.25. The molecule has 3 nitrogen and oxygen atoms in total. The van der Waals surface area contributed by atoms with E-state index < -0.39 is 0 Å². The number of anilines is 2. The van der Waals surface area contributed by atoms with Crippen LogP contribution in [0, 0.1) is 0 Å². The van der Waals surface area contributed by atoms with Gasteiger partial charge in [0.05, 0.1) is 17.1 Å².